The lowest BCUT2D eigenvalue weighted by Crippen LogP contribution is -2.21. The Morgan fingerprint density at radius 3 is 2.24 bits per heavy atom. The molecule has 3 nitrogen and oxygen atoms in total. The summed E-state index contributed by atoms with van der Waals surface area (Å²) in [5.74, 6) is 0.863. The van der Waals surface area contributed by atoms with E-state index in [0.29, 0.717) is 0 Å². The van der Waals surface area contributed by atoms with Gasteiger partial charge in [0.15, 0.2) is 5.78 Å². The van der Waals surface area contributed by atoms with Crippen LogP contribution in [0.25, 0.3) is 0 Å². The van der Waals surface area contributed by atoms with Crippen LogP contribution in [0.4, 0.5) is 0 Å². The Morgan fingerprint density at radius 1 is 1.14 bits per heavy atom. The van der Waals surface area contributed by atoms with Crippen LogP contribution in [0.3, 0.4) is 0 Å². The molecule has 0 radical (unpaired) electrons. The van der Waals surface area contributed by atoms with Crippen molar-refractivity contribution in [1.82, 2.24) is 0 Å². The first-order valence-electron chi connectivity index (χ1n) is 6.94. The van der Waals surface area contributed by atoms with Gasteiger partial charge in [-0.05, 0) is 30.7 Å². The molecule has 0 aliphatic carbocycles. The zero-order chi connectivity index (χ0) is 15.9. The molecular weight excluding hydrogens is 264 g/mol. The maximum Gasteiger partial charge on any atom is 0.152 e. The van der Waals surface area contributed by atoms with Gasteiger partial charge in [-0.1, -0.05) is 44.2 Å². The summed E-state index contributed by atoms with van der Waals surface area (Å²) < 4.78 is 10.8. The minimum absolute atomic E-state index is 0.0379. The minimum atomic E-state index is -0.204. The van der Waals surface area contributed by atoms with Crippen LogP contribution in [0, 0.1) is 5.41 Å². The second kappa shape index (κ2) is 7.79. The Morgan fingerprint density at radius 2 is 1.76 bits per heavy atom. The molecule has 1 unspecified atom stereocenters. The van der Waals surface area contributed by atoms with Crippen molar-refractivity contribution >= 4 is 5.78 Å². The fourth-order valence-corrected chi connectivity index (χ4v) is 2.23. The van der Waals surface area contributed by atoms with Gasteiger partial charge in [-0.2, -0.15) is 0 Å². The second-order valence-corrected chi connectivity index (χ2v) is 5.54. The van der Waals surface area contributed by atoms with Gasteiger partial charge in [-0.3, -0.25) is 4.79 Å². The molecule has 0 spiro atoms. The first kappa shape index (κ1) is 17.2. The zero-order valence-corrected chi connectivity index (χ0v) is 13.4. The second-order valence-electron chi connectivity index (χ2n) is 5.54. The van der Waals surface area contributed by atoms with Crippen molar-refractivity contribution in [2.45, 2.75) is 26.9 Å². The number of hydrogen-bond acceptors (Lipinski definition) is 3. The third-order valence-electron chi connectivity index (χ3n) is 3.30. The molecular formula is C18H24O3. The van der Waals surface area contributed by atoms with Gasteiger partial charge >= 0.3 is 0 Å². The number of ether oxygens (including phenoxy) is 2. The van der Waals surface area contributed by atoms with Gasteiger partial charge < -0.3 is 9.47 Å². The number of rotatable bonds is 7. The summed E-state index contributed by atoms with van der Waals surface area (Å²) in [5.41, 5.74) is 0.883. The third kappa shape index (κ3) is 5.20. The molecule has 0 saturated carbocycles. The van der Waals surface area contributed by atoms with E-state index >= 15 is 0 Å². The van der Waals surface area contributed by atoms with Gasteiger partial charge in [0.25, 0.3) is 0 Å². The molecule has 0 aliphatic rings. The quantitative estimate of drug-likeness (QED) is 0.559. The topological polar surface area (TPSA) is 35.5 Å². The van der Waals surface area contributed by atoms with Crippen molar-refractivity contribution in [1.29, 1.82) is 0 Å². The molecule has 1 rings (SSSR count). The number of allylic oxidation sites excluding steroid dienone is 3. The number of hydrogen-bond donors (Lipinski definition) is 0. The maximum atomic E-state index is 10.9. The van der Waals surface area contributed by atoms with Crippen LogP contribution in [0.2, 0.25) is 0 Å². The molecule has 0 N–H and O–H groups in total. The van der Waals surface area contributed by atoms with Gasteiger partial charge in [0.1, 0.15) is 5.75 Å². The van der Waals surface area contributed by atoms with E-state index in [-0.39, 0.29) is 17.3 Å². The number of ketones is 1. The highest BCUT2D eigenvalue weighted by Gasteiger charge is 2.28. The summed E-state index contributed by atoms with van der Waals surface area (Å²) in [4.78, 5) is 10.9. The first-order valence-corrected chi connectivity index (χ1v) is 6.94. The maximum absolute atomic E-state index is 10.9. The predicted octanol–water partition coefficient (Wildman–Crippen LogP) is 4.11. The van der Waals surface area contributed by atoms with E-state index in [0.717, 1.165) is 11.3 Å². The molecule has 0 fully saturated rings. The van der Waals surface area contributed by atoms with Gasteiger partial charge in [-0.25, -0.2) is 0 Å². The Kier molecular flexibility index (Phi) is 6.38. The Bertz CT molecular complexity index is 510. The lowest BCUT2D eigenvalue weighted by molar-refractivity contribution is -0.112. The third-order valence-corrected chi connectivity index (χ3v) is 3.30. The fourth-order valence-electron chi connectivity index (χ4n) is 2.23. The normalized spacial score (nSPS) is 13.8. The van der Waals surface area contributed by atoms with E-state index in [1.54, 1.807) is 26.4 Å². The summed E-state index contributed by atoms with van der Waals surface area (Å²) in [6.07, 6.45) is 7.15. The first-order chi connectivity index (χ1) is 9.90. The molecule has 3 heteroatoms. The van der Waals surface area contributed by atoms with Crippen LogP contribution >= 0.6 is 0 Å². The average molecular weight is 288 g/mol. The number of benzene rings is 1. The summed E-state index contributed by atoms with van der Waals surface area (Å²) >= 11 is 0. The molecule has 0 bridgehead atoms. The highest BCUT2D eigenvalue weighted by molar-refractivity contribution is 5.87. The van der Waals surface area contributed by atoms with Gasteiger partial charge in [0.2, 0.25) is 0 Å². The number of carbonyl (C=O) groups excluding carboxylic acids is 1. The molecule has 114 valence electrons. The largest absolute Gasteiger partial charge is 0.497 e. The van der Waals surface area contributed by atoms with E-state index in [9.17, 15) is 4.79 Å². The van der Waals surface area contributed by atoms with Crippen LogP contribution in [0.1, 0.15) is 32.4 Å². The molecule has 0 aromatic heterocycles. The predicted molar refractivity (Wildman–Crippen MR) is 85.5 cm³/mol. The van der Waals surface area contributed by atoms with E-state index in [1.807, 2.05) is 36.4 Å². The standard InChI is InChI=1S/C18H24O3/c1-14(19)8-6-7-13-18(2,3)17(21-5)15-9-11-16(20-4)12-10-15/h6-13,17H,1-5H3/b8-6+,13-7+. The highest BCUT2D eigenvalue weighted by Crippen LogP contribution is 2.37. The molecule has 0 heterocycles. The smallest absolute Gasteiger partial charge is 0.152 e. The van der Waals surface area contributed by atoms with Crippen LogP contribution in [-0.4, -0.2) is 20.0 Å². The summed E-state index contributed by atoms with van der Waals surface area (Å²) in [5, 5.41) is 0. The van der Waals surface area contributed by atoms with Crippen molar-refractivity contribution in [2.24, 2.45) is 5.41 Å². The molecule has 1 atom stereocenters. The average Bonchev–Trinajstić information content (AvgIpc) is 2.45. The van der Waals surface area contributed by atoms with E-state index in [4.69, 9.17) is 9.47 Å². The van der Waals surface area contributed by atoms with Gasteiger partial charge in [0.05, 0.1) is 13.2 Å². The Labute approximate surface area is 127 Å². The molecule has 1 aromatic carbocycles. The lowest BCUT2D eigenvalue weighted by atomic mass is 9.82. The van der Waals surface area contributed by atoms with Crippen molar-refractivity contribution < 1.29 is 14.3 Å². The van der Waals surface area contributed by atoms with E-state index in [1.165, 1.54) is 6.92 Å². The lowest BCUT2D eigenvalue weighted by Gasteiger charge is -2.31. The van der Waals surface area contributed by atoms with Crippen LogP contribution in [0.5, 0.6) is 5.75 Å². The number of methoxy groups -OCH3 is 2. The number of carbonyl (C=O) groups is 1. The van der Waals surface area contributed by atoms with Crippen molar-refractivity contribution in [3.8, 4) is 5.75 Å². The SMILES string of the molecule is COc1ccc(C(OC)C(C)(C)/C=C/C=C/C(C)=O)cc1. The van der Waals surface area contributed by atoms with E-state index < -0.39 is 0 Å². The van der Waals surface area contributed by atoms with Gasteiger partial charge in [-0.15, -0.1) is 0 Å². The van der Waals surface area contributed by atoms with Crippen LogP contribution < -0.4 is 4.74 Å². The summed E-state index contributed by atoms with van der Waals surface area (Å²) in [7, 11) is 3.35. The Balaban J connectivity index is 2.92. The molecule has 0 amide bonds. The molecule has 0 saturated heterocycles. The minimum Gasteiger partial charge on any atom is -0.497 e. The fraction of sp³-hybridized carbons (Fsp3) is 0.389. The molecule has 0 aliphatic heterocycles. The van der Waals surface area contributed by atoms with Crippen molar-refractivity contribution in [3.63, 3.8) is 0 Å². The van der Waals surface area contributed by atoms with Crippen LogP contribution in [-0.2, 0) is 9.53 Å². The molecule has 1 aromatic rings. The van der Waals surface area contributed by atoms with Crippen molar-refractivity contribution in [3.05, 3.63) is 54.1 Å². The highest BCUT2D eigenvalue weighted by atomic mass is 16.5. The summed E-state index contributed by atoms with van der Waals surface area (Å²) in [6, 6.07) is 7.87. The summed E-state index contributed by atoms with van der Waals surface area (Å²) in [6.45, 7) is 5.73. The Hall–Kier alpha value is -1.87. The monoisotopic (exact) mass is 288 g/mol. The molecule has 21 heavy (non-hydrogen) atoms. The van der Waals surface area contributed by atoms with Crippen LogP contribution in [0.15, 0.2) is 48.6 Å². The van der Waals surface area contributed by atoms with E-state index in [2.05, 4.69) is 13.8 Å². The zero-order valence-electron chi connectivity index (χ0n) is 13.4. The van der Waals surface area contributed by atoms with Gasteiger partial charge in [0, 0.05) is 12.5 Å². The van der Waals surface area contributed by atoms with Crippen molar-refractivity contribution in [2.75, 3.05) is 14.2 Å².